The van der Waals surface area contributed by atoms with Crippen molar-refractivity contribution in [2.24, 2.45) is 7.05 Å². The zero-order valence-corrected chi connectivity index (χ0v) is 13.2. The second-order valence-electron chi connectivity index (χ2n) is 5.45. The number of hydrogen-bond donors (Lipinski definition) is 2. The van der Waals surface area contributed by atoms with E-state index in [1.165, 1.54) is 5.56 Å². The number of aromatic nitrogens is 3. The Balaban J connectivity index is 1.58. The van der Waals surface area contributed by atoms with Gasteiger partial charge in [0.05, 0.1) is 22.9 Å². The summed E-state index contributed by atoms with van der Waals surface area (Å²) in [5.41, 5.74) is 3.95. The van der Waals surface area contributed by atoms with Gasteiger partial charge in [0.2, 0.25) is 0 Å². The third-order valence-corrected chi connectivity index (χ3v) is 3.68. The third kappa shape index (κ3) is 3.48. The summed E-state index contributed by atoms with van der Waals surface area (Å²) in [6.45, 7) is 2.57. The Morgan fingerprint density at radius 3 is 2.96 bits per heavy atom. The number of imidazole rings is 1. The zero-order chi connectivity index (χ0) is 16.2. The molecule has 0 atom stereocenters. The number of nitrogens with one attached hydrogen (secondary N) is 2. The summed E-state index contributed by atoms with van der Waals surface area (Å²) in [6, 6.07) is 9.54. The minimum Gasteiger partial charge on any atom is -0.337 e. The minimum atomic E-state index is -0.243. The maximum atomic E-state index is 11.8. The van der Waals surface area contributed by atoms with Gasteiger partial charge in [0.1, 0.15) is 5.82 Å². The maximum Gasteiger partial charge on any atom is 0.319 e. The molecule has 0 aliphatic carbocycles. The fraction of sp³-hybridized carbons (Fsp3) is 0.235. The number of anilines is 1. The molecular formula is C17H19N5O. The molecule has 0 bridgehead atoms. The second-order valence-corrected chi connectivity index (χ2v) is 5.45. The quantitative estimate of drug-likeness (QED) is 0.778. The SMILES string of the molecule is Cc1ccc2c(c1)nc(CCNC(=O)Nc1cccnc1)n2C. The number of urea groups is 1. The van der Waals surface area contributed by atoms with Crippen LogP contribution in [0.15, 0.2) is 42.7 Å². The molecule has 2 amide bonds. The summed E-state index contributed by atoms with van der Waals surface area (Å²) in [7, 11) is 2.00. The van der Waals surface area contributed by atoms with E-state index >= 15 is 0 Å². The molecule has 2 N–H and O–H groups in total. The predicted molar refractivity (Wildman–Crippen MR) is 90.4 cm³/mol. The molecule has 1 aromatic carbocycles. The van der Waals surface area contributed by atoms with Crippen LogP contribution in [0.3, 0.4) is 0 Å². The molecule has 0 saturated carbocycles. The van der Waals surface area contributed by atoms with Gasteiger partial charge < -0.3 is 15.2 Å². The van der Waals surface area contributed by atoms with E-state index < -0.39 is 0 Å². The van der Waals surface area contributed by atoms with Crippen molar-refractivity contribution >= 4 is 22.8 Å². The highest BCUT2D eigenvalue weighted by Crippen LogP contribution is 2.16. The molecule has 0 spiro atoms. The predicted octanol–water partition coefficient (Wildman–Crippen LogP) is 2.64. The lowest BCUT2D eigenvalue weighted by Crippen LogP contribution is -2.30. The summed E-state index contributed by atoms with van der Waals surface area (Å²) >= 11 is 0. The highest BCUT2D eigenvalue weighted by molar-refractivity contribution is 5.88. The van der Waals surface area contributed by atoms with Gasteiger partial charge in [0.15, 0.2) is 0 Å². The van der Waals surface area contributed by atoms with Crippen LogP contribution in [0, 0.1) is 6.92 Å². The Bertz CT molecular complexity index is 826. The highest BCUT2D eigenvalue weighted by Gasteiger charge is 2.08. The normalized spacial score (nSPS) is 10.7. The van der Waals surface area contributed by atoms with Gasteiger partial charge in [-0.05, 0) is 36.8 Å². The van der Waals surface area contributed by atoms with Crippen LogP contribution in [-0.4, -0.2) is 27.1 Å². The minimum absolute atomic E-state index is 0.243. The lowest BCUT2D eigenvalue weighted by atomic mass is 10.2. The molecule has 0 unspecified atom stereocenters. The van der Waals surface area contributed by atoms with Crippen LogP contribution < -0.4 is 10.6 Å². The van der Waals surface area contributed by atoms with E-state index in [9.17, 15) is 4.79 Å². The molecule has 0 saturated heterocycles. The van der Waals surface area contributed by atoms with Crippen LogP contribution in [0.25, 0.3) is 11.0 Å². The topological polar surface area (TPSA) is 71.8 Å². The Morgan fingerprint density at radius 2 is 2.17 bits per heavy atom. The van der Waals surface area contributed by atoms with Gasteiger partial charge in [-0.2, -0.15) is 0 Å². The molecule has 23 heavy (non-hydrogen) atoms. The van der Waals surface area contributed by atoms with Crippen molar-refractivity contribution in [3.63, 3.8) is 0 Å². The number of carbonyl (C=O) groups is 1. The number of fused-ring (bicyclic) bond motifs is 1. The molecule has 3 aromatic rings. The summed E-state index contributed by atoms with van der Waals surface area (Å²) in [5, 5.41) is 5.57. The van der Waals surface area contributed by atoms with E-state index in [1.54, 1.807) is 24.5 Å². The molecule has 2 aromatic heterocycles. The third-order valence-electron chi connectivity index (χ3n) is 3.68. The number of carbonyl (C=O) groups excluding carboxylic acids is 1. The standard InChI is InChI=1S/C17H19N5O/c1-12-5-6-15-14(10-12)21-16(22(15)2)7-9-19-17(23)20-13-4-3-8-18-11-13/h3-6,8,10-11H,7,9H2,1-2H3,(H2,19,20,23). The lowest BCUT2D eigenvalue weighted by Gasteiger charge is -2.07. The fourth-order valence-corrected chi connectivity index (χ4v) is 2.48. The summed E-state index contributed by atoms with van der Waals surface area (Å²) in [6.07, 6.45) is 3.94. The van der Waals surface area contributed by atoms with Crippen LogP contribution in [-0.2, 0) is 13.5 Å². The molecule has 118 valence electrons. The number of amides is 2. The van der Waals surface area contributed by atoms with Gasteiger partial charge in [-0.1, -0.05) is 6.07 Å². The number of rotatable bonds is 4. The number of hydrogen-bond acceptors (Lipinski definition) is 3. The first kappa shape index (κ1) is 15.0. The molecule has 6 heteroatoms. The van der Waals surface area contributed by atoms with Crippen molar-refractivity contribution in [3.05, 3.63) is 54.1 Å². The first-order valence-electron chi connectivity index (χ1n) is 7.50. The van der Waals surface area contributed by atoms with E-state index in [0.717, 1.165) is 16.9 Å². The van der Waals surface area contributed by atoms with Crippen LogP contribution in [0.1, 0.15) is 11.4 Å². The Hall–Kier alpha value is -2.89. The van der Waals surface area contributed by atoms with Crippen LogP contribution in [0.2, 0.25) is 0 Å². The van der Waals surface area contributed by atoms with Crippen molar-refractivity contribution in [2.45, 2.75) is 13.3 Å². The molecule has 6 nitrogen and oxygen atoms in total. The smallest absolute Gasteiger partial charge is 0.319 e. The molecular weight excluding hydrogens is 290 g/mol. The van der Waals surface area contributed by atoms with Crippen molar-refractivity contribution in [2.75, 3.05) is 11.9 Å². The van der Waals surface area contributed by atoms with Crippen molar-refractivity contribution in [1.29, 1.82) is 0 Å². The molecule has 0 radical (unpaired) electrons. The number of nitrogens with zero attached hydrogens (tertiary/aromatic N) is 3. The molecule has 0 fully saturated rings. The van der Waals surface area contributed by atoms with Crippen molar-refractivity contribution < 1.29 is 4.79 Å². The average molecular weight is 309 g/mol. The van der Waals surface area contributed by atoms with E-state index in [1.807, 2.05) is 7.05 Å². The first-order valence-corrected chi connectivity index (χ1v) is 7.50. The van der Waals surface area contributed by atoms with Gasteiger partial charge in [-0.3, -0.25) is 4.98 Å². The molecule has 0 aliphatic heterocycles. The van der Waals surface area contributed by atoms with Gasteiger partial charge in [-0.15, -0.1) is 0 Å². The van der Waals surface area contributed by atoms with E-state index in [0.29, 0.717) is 18.7 Å². The summed E-state index contributed by atoms with van der Waals surface area (Å²) in [4.78, 5) is 20.4. The average Bonchev–Trinajstić information content (AvgIpc) is 2.84. The second kappa shape index (κ2) is 6.48. The Morgan fingerprint density at radius 1 is 1.30 bits per heavy atom. The summed E-state index contributed by atoms with van der Waals surface area (Å²) in [5.74, 6) is 0.951. The van der Waals surface area contributed by atoms with Gasteiger partial charge in [0.25, 0.3) is 0 Å². The first-order chi connectivity index (χ1) is 11.1. The van der Waals surface area contributed by atoms with Crippen molar-refractivity contribution in [3.8, 4) is 0 Å². The zero-order valence-electron chi connectivity index (χ0n) is 13.2. The van der Waals surface area contributed by atoms with E-state index in [4.69, 9.17) is 0 Å². The number of benzene rings is 1. The Kier molecular flexibility index (Phi) is 4.23. The molecule has 2 heterocycles. The molecule has 3 rings (SSSR count). The van der Waals surface area contributed by atoms with E-state index in [2.05, 4.69) is 50.3 Å². The fourth-order valence-electron chi connectivity index (χ4n) is 2.48. The van der Waals surface area contributed by atoms with Crippen LogP contribution >= 0.6 is 0 Å². The number of aryl methyl sites for hydroxylation is 2. The number of pyridine rings is 1. The van der Waals surface area contributed by atoms with Gasteiger partial charge >= 0.3 is 6.03 Å². The van der Waals surface area contributed by atoms with Crippen molar-refractivity contribution in [1.82, 2.24) is 19.9 Å². The van der Waals surface area contributed by atoms with Gasteiger partial charge in [-0.25, -0.2) is 9.78 Å². The van der Waals surface area contributed by atoms with Crippen LogP contribution in [0.4, 0.5) is 10.5 Å². The largest absolute Gasteiger partial charge is 0.337 e. The highest BCUT2D eigenvalue weighted by atomic mass is 16.2. The van der Waals surface area contributed by atoms with Crippen LogP contribution in [0.5, 0.6) is 0 Å². The van der Waals surface area contributed by atoms with E-state index in [-0.39, 0.29) is 6.03 Å². The summed E-state index contributed by atoms with van der Waals surface area (Å²) < 4.78 is 2.06. The monoisotopic (exact) mass is 309 g/mol. The maximum absolute atomic E-state index is 11.8. The Labute approximate surface area is 134 Å². The lowest BCUT2D eigenvalue weighted by molar-refractivity contribution is 0.252. The molecule has 0 aliphatic rings. The van der Waals surface area contributed by atoms with Gasteiger partial charge in [0, 0.05) is 26.2 Å².